The number of carbonyl (C=O) groups excluding carboxylic acids is 1. The summed E-state index contributed by atoms with van der Waals surface area (Å²) < 4.78 is 18.0. The number of benzene rings is 1. The minimum atomic E-state index is -0.558. The summed E-state index contributed by atoms with van der Waals surface area (Å²) in [4.78, 5) is 24.3. The van der Waals surface area contributed by atoms with Gasteiger partial charge in [-0.2, -0.15) is 0 Å². The van der Waals surface area contributed by atoms with Crippen LogP contribution in [0.5, 0.6) is 0 Å². The van der Waals surface area contributed by atoms with Gasteiger partial charge in [-0.3, -0.25) is 10.1 Å². The number of fused-ring (bicyclic) bond motifs is 3. The van der Waals surface area contributed by atoms with Crippen LogP contribution in [0.15, 0.2) is 53.0 Å². The molecule has 1 unspecified atom stereocenters. The predicted molar refractivity (Wildman–Crippen MR) is 142 cm³/mol. The van der Waals surface area contributed by atoms with Gasteiger partial charge in [0.2, 0.25) is 0 Å². The second-order valence-corrected chi connectivity index (χ2v) is 13.3. The Bertz CT molecular complexity index is 1130. The maximum atomic E-state index is 12.7. The fraction of sp³-hybridized carbons (Fsp3) is 0.621. The minimum absolute atomic E-state index is 0.00609. The van der Waals surface area contributed by atoms with E-state index in [0.717, 1.165) is 37.0 Å². The number of rotatable bonds is 6. The summed E-state index contributed by atoms with van der Waals surface area (Å²) in [5.74, 6) is -0.185. The van der Waals surface area contributed by atoms with Crippen LogP contribution in [-0.2, 0) is 19.0 Å². The maximum absolute atomic E-state index is 12.7. The molecule has 37 heavy (non-hydrogen) atoms. The number of esters is 1. The molecule has 0 spiro atoms. The number of thioether (sulfide) groups is 1. The highest BCUT2D eigenvalue weighted by atomic mass is 32.2. The first kappa shape index (κ1) is 26.4. The van der Waals surface area contributed by atoms with Gasteiger partial charge in [0.05, 0.1) is 17.6 Å². The smallest absolute Gasteiger partial charge is 0.335 e. The SMILES string of the molecule is C=C1CC[C@@H]2[C@]3(C)COC(C)(C)O[C@@H]3CC[C@@]2(C)[C@@H]1CC(Sc1ccc([N+](=O)[O-])cc1)C1=CCOC1=O. The number of ether oxygens (including phenoxy) is 3. The van der Waals surface area contributed by atoms with Gasteiger partial charge in [0, 0.05) is 33.3 Å². The number of nitrogens with zero attached hydrogens (tertiary/aromatic N) is 1. The molecule has 7 nitrogen and oxygen atoms in total. The van der Waals surface area contributed by atoms with Crippen LogP contribution in [0.3, 0.4) is 0 Å². The molecule has 1 aromatic rings. The lowest BCUT2D eigenvalue weighted by atomic mass is 9.46. The first-order valence-electron chi connectivity index (χ1n) is 13.2. The van der Waals surface area contributed by atoms with Gasteiger partial charge in [0.25, 0.3) is 5.69 Å². The Morgan fingerprint density at radius 2 is 1.89 bits per heavy atom. The summed E-state index contributed by atoms with van der Waals surface area (Å²) in [6.07, 6.45) is 6.86. The molecule has 5 rings (SSSR count). The van der Waals surface area contributed by atoms with Crippen molar-refractivity contribution in [2.24, 2.45) is 22.7 Å². The molecule has 200 valence electrons. The van der Waals surface area contributed by atoms with Gasteiger partial charge in [0.1, 0.15) is 6.61 Å². The molecule has 4 aliphatic rings. The average molecular weight is 528 g/mol. The van der Waals surface area contributed by atoms with Gasteiger partial charge < -0.3 is 14.2 Å². The molecule has 0 N–H and O–H groups in total. The lowest BCUT2D eigenvalue weighted by Gasteiger charge is -2.63. The Kier molecular flexibility index (Phi) is 6.82. The van der Waals surface area contributed by atoms with Crippen molar-refractivity contribution in [1.82, 2.24) is 0 Å². The first-order valence-corrected chi connectivity index (χ1v) is 14.1. The zero-order valence-corrected chi connectivity index (χ0v) is 23.0. The van der Waals surface area contributed by atoms with E-state index in [1.807, 2.05) is 19.9 Å². The predicted octanol–water partition coefficient (Wildman–Crippen LogP) is 6.47. The molecule has 0 amide bonds. The van der Waals surface area contributed by atoms with E-state index in [-0.39, 0.29) is 39.8 Å². The number of non-ortho nitro benzene ring substituents is 1. The van der Waals surface area contributed by atoms with Gasteiger partial charge in [0.15, 0.2) is 5.79 Å². The Labute approximate surface area is 223 Å². The molecule has 0 bridgehead atoms. The fourth-order valence-corrected chi connectivity index (χ4v) is 8.63. The molecular formula is C29H37NO6S. The van der Waals surface area contributed by atoms with Gasteiger partial charge >= 0.3 is 5.97 Å². The second-order valence-electron chi connectivity index (χ2n) is 12.0. The molecule has 3 fully saturated rings. The van der Waals surface area contributed by atoms with Crippen molar-refractivity contribution in [2.75, 3.05) is 13.2 Å². The Balaban J connectivity index is 1.43. The van der Waals surface area contributed by atoms with E-state index in [2.05, 4.69) is 20.4 Å². The van der Waals surface area contributed by atoms with E-state index >= 15 is 0 Å². The summed E-state index contributed by atoms with van der Waals surface area (Å²) in [6.45, 7) is 14.3. The molecule has 1 aromatic carbocycles. The molecule has 0 aromatic heterocycles. The van der Waals surface area contributed by atoms with Crippen LogP contribution in [0, 0.1) is 32.8 Å². The van der Waals surface area contributed by atoms with Crippen molar-refractivity contribution in [3.63, 3.8) is 0 Å². The van der Waals surface area contributed by atoms with E-state index in [4.69, 9.17) is 14.2 Å². The van der Waals surface area contributed by atoms with Gasteiger partial charge in [-0.05, 0) is 81.4 Å². The third-order valence-electron chi connectivity index (χ3n) is 9.35. The molecule has 2 heterocycles. The zero-order valence-electron chi connectivity index (χ0n) is 22.2. The van der Waals surface area contributed by atoms with E-state index in [9.17, 15) is 14.9 Å². The Morgan fingerprint density at radius 3 is 2.54 bits per heavy atom. The minimum Gasteiger partial charge on any atom is -0.458 e. The summed E-state index contributed by atoms with van der Waals surface area (Å²) in [5.41, 5.74) is 1.93. The Morgan fingerprint density at radius 1 is 1.16 bits per heavy atom. The third-order valence-corrected chi connectivity index (χ3v) is 10.6. The maximum Gasteiger partial charge on any atom is 0.335 e. The summed E-state index contributed by atoms with van der Waals surface area (Å²) in [6, 6.07) is 6.57. The molecule has 6 atom stereocenters. The van der Waals surface area contributed by atoms with Crippen LogP contribution in [0.2, 0.25) is 0 Å². The standard InChI is InChI=1S/C29H37NO6S/c1-18-6-11-24-28(4,14-12-25-29(24,5)17-35-27(2,3)36-25)22(18)16-23(21-13-15-34-26(21)31)37-20-9-7-19(8-10-20)30(32)33/h7-10,13,22-25H,1,6,11-12,14-17H2,2-5H3/t22-,23?,24+,25-,28+,29+/m1/s1. The number of allylic oxidation sites excluding steroid dienone is 1. The van der Waals surface area contributed by atoms with E-state index < -0.39 is 10.7 Å². The lowest BCUT2D eigenvalue weighted by Crippen LogP contribution is -2.63. The van der Waals surface area contributed by atoms with Crippen molar-refractivity contribution < 1.29 is 23.9 Å². The van der Waals surface area contributed by atoms with Crippen LogP contribution in [0.1, 0.15) is 59.8 Å². The fourth-order valence-electron chi connectivity index (χ4n) is 7.40. The normalized spacial score (nSPS) is 35.7. The molecule has 1 saturated heterocycles. The monoisotopic (exact) mass is 527 g/mol. The average Bonchev–Trinajstić information content (AvgIpc) is 3.27. The van der Waals surface area contributed by atoms with Gasteiger partial charge in [-0.15, -0.1) is 11.8 Å². The highest BCUT2D eigenvalue weighted by Crippen LogP contribution is 2.64. The zero-order chi connectivity index (χ0) is 26.6. The molecular weight excluding hydrogens is 490 g/mol. The van der Waals surface area contributed by atoms with Crippen LogP contribution in [-0.4, -0.2) is 41.2 Å². The number of cyclic esters (lactones) is 1. The quantitative estimate of drug-likeness (QED) is 0.138. The van der Waals surface area contributed by atoms with Crippen molar-refractivity contribution >= 4 is 23.4 Å². The molecule has 0 radical (unpaired) electrons. The second kappa shape index (κ2) is 9.54. The van der Waals surface area contributed by atoms with Gasteiger partial charge in [-0.1, -0.05) is 26.0 Å². The summed E-state index contributed by atoms with van der Waals surface area (Å²) >= 11 is 1.58. The van der Waals surface area contributed by atoms with Crippen LogP contribution in [0.4, 0.5) is 5.69 Å². The molecule has 2 saturated carbocycles. The van der Waals surface area contributed by atoms with E-state index in [0.29, 0.717) is 24.7 Å². The van der Waals surface area contributed by atoms with Crippen LogP contribution < -0.4 is 0 Å². The van der Waals surface area contributed by atoms with Crippen molar-refractivity contribution in [1.29, 1.82) is 0 Å². The highest BCUT2D eigenvalue weighted by Gasteiger charge is 2.61. The summed E-state index contributed by atoms with van der Waals surface area (Å²) in [7, 11) is 0. The molecule has 8 heteroatoms. The largest absolute Gasteiger partial charge is 0.458 e. The topological polar surface area (TPSA) is 87.9 Å². The van der Waals surface area contributed by atoms with Crippen molar-refractivity contribution in [2.45, 2.75) is 81.8 Å². The van der Waals surface area contributed by atoms with E-state index in [1.165, 1.54) is 17.7 Å². The lowest BCUT2D eigenvalue weighted by molar-refractivity contribution is -0.384. The first-order chi connectivity index (χ1) is 17.4. The van der Waals surface area contributed by atoms with Crippen LogP contribution >= 0.6 is 11.8 Å². The summed E-state index contributed by atoms with van der Waals surface area (Å²) in [5, 5.41) is 11.0. The van der Waals surface area contributed by atoms with Crippen molar-refractivity contribution in [3.8, 4) is 0 Å². The molecule has 2 aliphatic heterocycles. The Hall–Kier alpha value is -2.16. The van der Waals surface area contributed by atoms with Crippen LogP contribution in [0.25, 0.3) is 0 Å². The van der Waals surface area contributed by atoms with E-state index in [1.54, 1.807) is 23.9 Å². The number of hydrogen-bond donors (Lipinski definition) is 0. The third kappa shape index (κ3) is 4.77. The van der Waals surface area contributed by atoms with Gasteiger partial charge in [-0.25, -0.2) is 4.79 Å². The molecule has 2 aliphatic carbocycles. The number of carbonyl (C=O) groups is 1. The number of hydrogen-bond acceptors (Lipinski definition) is 7. The number of nitro groups is 1. The highest BCUT2D eigenvalue weighted by molar-refractivity contribution is 8.00. The van der Waals surface area contributed by atoms with Crippen molar-refractivity contribution in [3.05, 3.63) is 58.2 Å². The number of nitro benzene ring substituents is 1.